The lowest BCUT2D eigenvalue weighted by Crippen LogP contribution is -2.36. The molecular formula is C62H40N4. The molecule has 1 aliphatic heterocycles. The van der Waals surface area contributed by atoms with Gasteiger partial charge in [0.05, 0.1) is 16.8 Å². The van der Waals surface area contributed by atoms with E-state index in [4.69, 9.17) is 15.0 Å². The number of hydrogen-bond acceptors (Lipinski definition) is 4. The van der Waals surface area contributed by atoms with E-state index in [0.717, 1.165) is 33.5 Å². The summed E-state index contributed by atoms with van der Waals surface area (Å²) in [6.07, 6.45) is 0. The third-order valence-electron chi connectivity index (χ3n) is 13.5. The molecule has 1 aliphatic carbocycles. The van der Waals surface area contributed by atoms with Crippen molar-refractivity contribution in [1.82, 2.24) is 15.0 Å². The highest BCUT2D eigenvalue weighted by Crippen LogP contribution is 2.63. The summed E-state index contributed by atoms with van der Waals surface area (Å²) in [4.78, 5) is 17.4. The first-order valence-electron chi connectivity index (χ1n) is 22.5. The van der Waals surface area contributed by atoms with E-state index < -0.39 is 5.41 Å². The molecule has 0 saturated carbocycles. The minimum atomic E-state index is -0.561. The zero-order valence-electron chi connectivity index (χ0n) is 35.9. The fourth-order valence-electron chi connectivity index (χ4n) is 10.7. The first kappa shape index (κ1) is 37.8. The summed E-state index contributed by atoms with van der Waals surface area (Å²) in [5, 5.41) is 2.41. The van der Waals surface area contributed by atoms with Crippen molar-refractivity contribution < 1.29 is 0 Å². The van der Waals surface area contributed by atoms with E-state index in [-0.39, 0.29) is 0 Å². The molecule has 0 radical (unpaired) electrons. The predicted molar refractivity (Wildman–Crippen MR) is 270 cm³/mol. The molecule has 0 bridgehead atoms. The number of hydrogen-bond donors (Lipinski definition) is 0. The smallest absolute Gasteiger partial charge is 0.164 e. The van der Waals surface area contributed by atoms with E-state index in [1.165, 1.54) is 66.7 Å². The van der Waals surface area contributed by atoms with Gasteiger partial charge in [-0.15, -0.1) is 0 Å². The van der Waals surface area contributed by atoms with Gasteiger partial charge in [-0.3, -0.25) is 0 Å². The molecule has 13 rings (SSSR count). The number of anilines is 3. The Labute approximate surface area is 383 Å². The molecule has 0 saturated heterocycles. The molecule has 0 fully saturated rings. The fraction of sp³-hybridized carbons (Fsp3) is 0.0161. The molecule has 10 aromatic carbocycles. The predicted octanol–water partition coefficient (Wildman–Crippen LogP) is 15.5. The molecule has 4 heteroatoms. The van der Waals surface area contributed by atoms with Crippen LogP contribution in [0.1, 0.15) is 22.3 Å². The Hall–Kier alpha value is -8.73. The number of aromatic nitrogens is 3. The van der Waals surface area contributed by atoms with Crippen molar-refractivity contribution in [2.24, 2.45) is 0 Å². The second kappa shape index (κ2) is 15.2. The normalized spacial score (nSPS) is 12.9. The van der Waals surface area contributed by atoms with Crippen LogP contribution < -0.4 is 4.90 Å². The topological polar surface area (TPSA) is 41.9 Å². The molecule has 0 atom stereocenters. The average molecular weight is 841 g/mol. The van der Waals surface area contributed by atoms with Crippen LogP contribution in [0.15, 0.2) is 243 Å². The van der Waals surface area contributed by atoms with Gasteiger partial charge in [-0.1, -0.05) is 212 Å². The summed E-state index contributed by atoms with van der Waals surface area (Å²) >= 11 is 0. The molecule has 1 aromatic heterocycles. The minimum Gasteiger partial charge on any atom is -0.310 e. The van der Waals surface area contributed by atoms with Gasteiger partial charge in [0.1, 0.15) is 0 Å². The van der Waals surface area contributed by atoms with Crippen LogP contribution in [0.3, 0.4) is 0 Å². The van der Waals surface area contributed by atoms with Crippen LogP contribution in [0, 0.1) is 0 Å². The molecule has 66 heavy (non-hydrogen) atoms. The Morgan fingerprint density at radius 3 is 1.39 bits per heavy atom. The van der Waals surface area contributed by atoms with Crippen molar-refractivity contribution in [3.05, 3.63) is 265 Å². The Kier molecular flexibility index (Phi) is 8.72. The van der Waals surface area contributed by atoms with Crippen LogP contribution in [0.2, 0.25) is 0 Å². The summed E-state index contributed by atoms with van der Waals surface area (Å²) < 4.78 is 0. The van der Waals surface area contributed by atoms with Crippen LogP contribution in [0.4, 0.5) is 17.1 Å². The van der Waals surface area contributed by atoms with Gasteiger partial charge in [0.2, 0.25) is 0 Å². The van der Waals surface area contributed by atoms with Gasteiger partial charge in [0.25, 0.3) is 0 Å². The highest BCUT2D eigenvalue weighted by atomic mass is 15.2. The maximum atomic E-state index is 5.03. The molecule has 0 unspecified atom stereocenters. The number of nitrogens with zero attached hydrogens (tertiary/aromatic N) is 4. The van der Waals surface area contributed by atoms with Crippen molar-refractivity contribution in [2.45, 2.75) is 5.41 Å². The molecule has 2 heterocycles. The fourth-order valence-corrected chi connectivity index (χ4v) is 10.7. The van der Waals surface area contributed by atoms with Crippen molar-refractivity contribution in [3.63, 3.8) is 0 Å². The number of fused-ring (bicyclic) bond motifs is 10. The van der Waals surface area contributed by atoms with Gasteiger partial charge in [0, 0.05) is 22.4 Å². The largest absolute Gasteiger partial charge is 0.310 e. The summed E-state index contributed by atoms with van der Waals surface area (Å²) in [6.45, 7) is 0. The first-order chi connectivity index (χ1) is 32.7. The van der Waals surface area contributed by atoms with E-state index in [1.807, 2.05) is 60.7 Å². The van der Waals surface area contributed by atoms with Gasteiger partial charge in [0.15, 0.2) is 17.5 Å². The highest BCUT2D eigenvalue weighted by molar-refractivity contribution is 6.05. The lowest BCUT2D eigenvalue weighted by atomic mass is 9.64. The zero-order chi connectivity index (χ0) is 43.6. The Bertz CT molecular complexity index is 3540. The lowest BCUT2D eigenvalue weighted by molar-refractivity contribution is 0.753. The SMILES string of the molecule is c1ccc(-c2nc(-c3ccccc3)nc(-c3ccc(-c4ccc5ccccc5c4-c4ccc5c(c4)C4(c6ccccc6-5)c5ccccc5N(c5ccccc5)c5ccccc54)cc3)n2)cc1. The summed E-state index contributed by atoms with van der Waals surface area (Å²) in [7, 11) is 0. The second-order valence-electron chi connectivity index (χ2n) is 17.1. The van der Waals surface area contributed by atoms with E-state index in [2.05, 4.69) is 187 Å². The maximum absolute atomic E-state index is 5.03. The Morgan fingerprint density at radius 2 is 0.758 bits per heavy atom. The molecule has 11 aromatic rings. The molecule has 4 nitrogen and oxygen atoms in total. The summed E-state index contributed by atoms with van der Waals surface area (Å²) in [5.41, 5.74) is 18.1. The number of para-hydroxylation sites is 3. The number of benzene rings is 10. The van der Waals surface area contributed by atoms with Crippen molar-refractivity contribution in [2.75, 3.05) is 4.90 Å². The van der Waals surface area contributed by atoms with Crippen molar-refractivity contribution in [1.29, 1.82) is 0 Å². The van der Waals surface area contributed by atoms with Gasteiger partial charge >= 0.3 is 0 Å². The molecular weight excluding hydrogens is 801 g/mol. The van der Waals surface area contributed by atoms with Crippen LogP contribution in [-0.2, 0) is 5.41 Å². The van der Waals surface area contributed by atoms with Gasteiger partial charge in [-0.2, -0.15) is 0 Å². The highest BCUT2D eigenvalue weighted by Gasteiger charge is 2.51. The molecule has 2 aliphatic rings. The summed E-state index contributed by atoms with van der Waals surface area (Å²) in [6, 6.07) is 87.4. The standard InChI is InChI=1S/C62H40N4/c1-4-19-43(20-5-1)59-63-60(44-21-6-2-7-22-44)65-61(64-59)45-34-32-42(33-35-45)49-38-36-41-18-10-11-25-48(41)58(49)46-37-39-51-50-26-12-13-27-52(50)62(55(51)40-46)53-28-14-16-30-56(53)66(47-23-8-3-9-24-47)57-31-17-15-29-54(57)62/h1-40H. The van der Waals surface area contributed by atoms with Gasteiger partial charge in [-0.05, 0) is 96.7 Å². The maximum Gasteiger partial charge on any atom is 0.164 e. The van der Waals surface area contributed by atoms with E-state index in [9.17, 15) is 0 Å². The van der Waals surface area contributed by atoms with Crippen molar-refractivity contribution in [3.8, 4) is 67.5 Å². The molecule has 1 spiro atoms. The van der Waals surface area contributed by atoms with Crippen LogP contribution >= 0.6 is 0 Å². The molecule has 0 amide bonds. The van der Waals surface area contributed by atoms with Crippen LogP contribution in [0.25, 0.3) is 78.3 Å². The first-order valence-corrected chi connectivity index (χ1v) is 22.5. The van der Waals surface area contributed by atoms with Crippen LogP contribution in [0.5, 0.6) is 0 Å². The minimum absolute atomic E-state index is 0.561. The third kappa shape index (κ3) is 5.82. The monoisotopic (exact) mass is 840 g/mol. The summed E-state index contributed by atoms with van der Waals surface area (Å²) in [5.74, 6) is 1.93. The van der Waals surface area contributed by atoms with Gasteiger partial charge in [-0.25, -0.2) is 15.0 Å². The average Bonchev–Trinajstić information content (AvgIpc) is 3.69. The van der Waals surface area contributed by atoms with Crippen LogP contribution in [-0.4, -0.2) is 15.0 Å². The Balaban J connectivity index is 0.996. The van der Waals surface area contributed by atoms with Crippen molar-refractivity contribution >= 4 is 27.8 Å². The van der Waals surface area contributed by atoms with E-state index in [0.29, 0.717) is 17.5 Å². The molecule has 0 N–H and O–H groups in total. The lowest BCUT2D eigenvalue weighted by Gasteiger charge is -2.45. The zero-order valence-corrected chi connectivity index (χ0v) is 35.9. The van der Waals surface area contributed by atoms with E-state index >= 15 is 0 Å². The Morgan fingerprint density at radius 1 is 0.303 bits per heavy atom. The van der Waals surface area contributed by atoms with Gasteiger partial charge < -0.3 is 4.90 Å². The third-order valence-corrected chi connectivity index (χ3v) is 13.5. The quantitative estimate of drug-likeness (QED) is 0.167. The molecule has 308 valence electrons. The van der Waals surface area contributed by atoms with E-state index in [1.54, 1.807) is 0 Å². The number of rotatable bonds is 6. The second-order valence-corrected chi connectivity index (χ2v) is 17.1.